The van der Waals surface area contributed by atoms with Crippen LogP contribution in [0.3, 0.4) is 0 Å². The Hall–Kier alpha value is -1.89. The average molecular weight is 341 g/mol. The van der Waals surface area contributed by atoms with Crippen molar-refractivity contribution in [3.8, 4) is 0 Å². The molecule has 0 saturated heterocycles. The number of carbonyl (C=O) groups excluding carboxylic acids is 1. The lowest BCUT2D eigenvalue weighted by Crippen LogP contribution is -2.14. The number of anilines is 2. The van der Waals surface area contributed by atoms with Crippen LogP contribution in [-0.2, 0) is 4.74 Å². The molecule has 0 unspecified atom stereocenters. The van der Waals surface area contributed by atoms with Crippen molar-refractivity contribution < 1.29 is 9.53 Å². The number of halogens is 2. The standard InChI is InChI=1S/C14H14Cl2N4O2/c1-22-3-2-17-14-18-7-9(8-19-14)13(21)20-12-5-10(15)4-11(16)6-12/h4-8H,2-3H2,1H3,(H,20,21)(H,17,18,19). The van der Waals surface area contributed by atoms with E-state index in [2.05, 4.69) is 20.6 Å². The number of carbonyl (C=O) groups is 1. The van der Waals surface area contributed by atoms with Crippen LogP contribution in [0.15, 0.2) is 30.6 Å². The minimum absolute atomic E-state index is 0.327. The highest BCUT2D eigenvalue weighted by Gasteiger charge is 2.08. The molecule has 2 N–H and O–H groups in total. The summed E-state index contributed by atoms with van der Waals surface area (Å²) >= 11 is 11.8. The third kappa shape index (κ3) is 4.84. The van der Waals surface area contributed by atoms with Crippen molar-refractivity contribution in [1.29, 1.82) is 0 Å². The molecule has 0 aliphatic heterocycles. The highest BCUT2D eigenvalue weighted by atomic mass is 35.5. The number of aromatic nitrogens is 2. The molecule has 8 heteroatoms. The zero-order valence-electron chi connectivity index (χ0n) is 11.8. The van der Waals surface area contributed by atoms with Crippen LogP contribution in [0, 0.1) is 0 Å². The monoisotopic (exact) mass is 340 g/mol. The lowest BCUT2D eigenvalue weighted by atomic mass is 10.3. The lowest BCUT2D eigenvalue weighted by molar-refractivity contribution is 0.102. The molecule has 0 aliphatic rings. The second kappa shape index (κ2) is 7.93. The van der Waals surface area contributed by atoms with E-state index >= 15 is 0 Å². The van der Waals surface area contributed by atoms with Gasteiger partial charge in [0.05, 0.1) is 12.2 Å². The van der Waals surface area contributed by atoms with Gasteiger partial charge in [-0.15, -0.1) is 0 Å². The van der Waals surface area contributed by atoms with Crippen LogP contribution in [-0.4, -0.2) is 36.1 Å². The Bertz CT molecular complexity index is 630. The number of benzene rings is 1. The number of hydrogen-bond donors (Lipinski definition) is 2. The summed E-state index contributed by atoms with van der Waals surface area (Å²) in [6, 6.07) is 4.79. The summed E-state index contributed by atoms with van der Waals surface area (Å²) in [7, 11) is 1.61. The summed E-state index contributed by atoms with van der Waals surface area (Å²) in [4.78, 5) is 20.2. The van der Waals surface area contributed by atoms with E-state index in [1.165, 1.54) is 12.4 Å². The van der Waals surface area contributed by atoms with Crippen LogP contribution in [0.1, 0.15) is 10.4 Å². The molecule has 0 saturated carbocycles. The van der Waals surface area contributed by atoms with Crippen LogP contribution in [0.4, 0.5) is 11.6 Å². The molecule has 0 atom stereocenters. The van der Waals surface area contributed by atoms with Crippen molar-refractivity contribution in [3.63, 3.8) is 0 Å². The number of rotatable bonds is 6. The second-order valence-electron chi connectivity index (χ2n) is 4.33. The molecule has 0 spiro atoms. The molecule has 116 valence electrons. The largest absolute Gasteiger partial charge is 0.383 e. The van der Waals surface area contributed by atoms with Gasteiger partial charge in [-0.3, -0.25) is 4.79 Å². The van der Waals surface area contributed by atoms with Crippen molar-refractivity contribution in [2.45, 2.75) is 0 Å². The van der Waals surface area contributed by atoms with E-state index in [0.29, 0.717) is 40.4 Å². The average Bonchev–Trinajstić information content (AvgIpc) is 2.47. The fraction of sp³-hybridized carbons (Fsp3) is 0.214. The Labute approximate surface area is 137 Å². The number of nitrogens with zero attached hydrogens (tertiary/aromatic N) is 2. The quantitative estimate of drug-likeness (QED) is 0.790. The van der Waals surface area contributed by atoms with Gasteiger partial charge in [-0.25, -0.2) is 9.97 Å². The summed E-state index contributed by atoms with van der Waals surface area (Å²) in [5, 5.41) is 6.53. The Morgan fingerprint density at radius 2 is 1.82 bits per heavy atom. The summed E-state index contributed by atoms with van der Waals surface area (Å²) < 4.78 is 4.91. The molecule has 0 radical (unpaired) electrons. The molecule has 1 heterocycles. The second-order valence-corrected chi connectivity index (χ2v) is 5.20. The van der Waals surface area contributed by atoms with E-state index in [9.17, 15) is 4.79 Å². The van der Waals surface area contributed by atoms with E-state index in [4.69, 9.17) is 27.9 Å². The van der Waals surface area contributed by atoms with Gasteiger partial charge in [-0.05, 0) is 18.2 Å². The molecule has 0 aliphatic carbocycles. The fourth-order valence-electron chi connectivity index (χ4n) is 1.63. The van der Waals surface area contributed by atoms with E-state index < -0.39 is 0 Å². The maximum Gasteiger partial charge on any atom is 0.258 e. The highest BCUT2D eigenvalue weighted by Crippen LogP contribution is 2.22. The van der Waals surface area contributed by atoms with Gasteiger partial charge in [-0.2, -0.15) is 0 Å². The Kier molecular flexibility index (Phi) is 5.94. The van der Waals surface area contributed by atoms with Crippen LogP contribution >= 0.6 is 23.2 Å². The molecule has 6 nitrogen and oxygen atoms in total. The minimum atomic E-state index is -0.346. The smallest absolute Gasteiger partial charge is 0.258 e. The van der Waals surface area contributed by atoms with E-state index in [1.807, 2.05) is 0 Å². The number of amides is 1. The van der Waals surface area contributed by atoms with Crippen molar-refractivity contribution in [2.75, 3.05) is 30.9 Å². The molecule has 2 rings (SSSR count). The van der Waals surface area contributed by atoms with Crippen LogP contribution in [0.5, 0.6) is 0 Å². The first kappa shape index (κ1) is 16.5. The first-order chi connectivity index (χ1) is 10.6. The molecule has 0 bridgehead atoms. The number of methoxy groups -OCH3 is 1. The van der Waals surface area contributed by atoms with E-state index in [-0.39, 0.29) is 5.91 Å². The lowest BCUT2D eigenvalue weighted by Gasteiger charge is -2.07. The Balaban J connectivity index is 2.00. The summed E-state index contributed by atoms with van der Waals surface area (Å²) in [6.45, 7) is 1.13. The van der Waals surface area contributed by atoms with Crippen molar-refractivity contribution in [2.24, 2.45) is 0 Å². The molecular formula is C14H14Cl2N4O2. The molecule has 1 aromatic carbocycles. The van der Waals surface area contributed by atoms with Gasteiger partial charge in [0, 0.05) is 41.8 Å². The number of ether oxygens (including phenoxy) is 1. The van der Waals surface area contributed by atoms with Crippen LogP contribution in [0.2, 0.25) is 10.0 Å². The molecular weight excluding hydrogens is 327 g/mol. The highest BCUT2D eigenvalue weighted by molar-refractivity contribution is 6.35. The molecule has 2 aromatic rings. The topological polar surface area (TPSA) is 76.1 Å². The van der Waals surface area contributed by atoms with E-state index in [1.54, 1.807) is 25.3 Å². The number of nitrogens with one attached hydrogen (secondary N) is 2. The van der Waals surface area contributed by atoms with Crippen molar-refractivity contribution in [1.82, 2.24) is 9.97 Å². The summed E-state index contributed by atoms with van der Waals surface area (Å²) in [5.41, 5.74) is 0.832. The third-order valence-electron chi connectivity index (χ3n) is 2.62. The minimum Gasteiger partial charge on any atom is -0.383 e. The van der Waals surface area contributed by atoms with Crippen LogP contribution in [0.25, 0.3) is 0 Å². The maximum atomic E-state index is 12.1. The third-order valence-corrected chi connectivity index (χ3v) is 3.06. The normalized spacial score (nSPS) is 10.3. The first-order valence-corrected chi connectivity index (χ1v) is 7.16. The van der Waals surface area contributed by atoms with Gasteiger partial charge in [0.1, 0.15) is 0 Å². The summed E-state index contributed by atoms with van der Waals surface area (Å²) in [6.07, 6.45) is 2.87. The van der Waals surface area contributed by atoms with Crippen molar-refractivity contribution >= 4 is 40.7 Å². The molecule has 1 aromatic heterocycles. The Morgan fingerprint density at radius 1 is 1.18 bits per heavy atom. The SMILES string of the molecule is COCCNc1ncc(C(=O)Nc2cc(Cl)cc(Cl)c2)cn1. The molecule has 1 amide bonds. The Morgan fingerprint density at radius 3 is 2.41 bits per heavy atom. The fourth-order valence-corrected chi connectivity index (χ4v) is 2.16. The predicted molar refractivity (Wildman–Crippen MR) is 86.8 cm³/mol. The van der Waals surface area contributed by atoms with Gasteiger partial charge in [0.15, 0.2) is 0 Å². The molecule has 0 fully saturated rings. The van der Waals surface area contributed by atoms with E-state index in [0.717, 1.165) is 0 Å². The van der Waals surface area contributed by atoms with Crippen LogP contribution < -0.4 is 10.6 Å². The van der Waals surface area contributed by atoms with Gasteiger partial charge in [-0.1, -0.05) is 23.2 Å². The zero-order chi connectivity index (χ0) is 15.9. The predicted octanol–water partition coefficient (Wildman–Crippen LogP) is 3.09. The van der Waals surface area contributed by atoms with Gasteiger partial charge in [0.2, 0.25) is 5.95 Å². The van der Waals surface area contributed by atoms with Gasteiger partial charge >= 0.3 is 0 Å². The summed E-state index contributed by atoms with van der Waals surface area (Å²) in [5.74, 6) is 0.0844. The maximum absolute atomic E-state index is 12.1. The zero-order valence-corrected chi connectivity index (χ0v) is 13.3. The van der Waals surface area contributed by atoms with Gasteiger partial charge in [0.25, 0.3) is 5.91 Å². The van der Waals surface area contributed by atoms with Gasteiger partial charge < -0.3 is 15.4 Å². The first-order valence-electron chi connectivity index (χ1n) is 6.41. The number of hydrogen-bond acceptors (Lipinski definition) is 5. The van der Waals surface area contributed by atoms with Crippen molar-refractivity contribution in [3.05, 3.63) is 46.2 Å². The molecule has 22 heavy (non-hydrogen) atoms.